The van der Waals surface area contributed by atoms with Gasteiger partial charge in [0.1, 0.15) is 5.82 Å². The first-order chi connectivity index (χ1) is 14.5. The molecule has 0 spiro atoms. The summed E-state index contributed by atoms with van der Waals surface area (Å²) in [4.78, 5) is 17.9. The quantitative estimate of drug-likeness (QED) is 0.634. The molecule has 1 aliphatic rings. The van der Waals surface area contributed by atoms with Crippen molar-refractivity contribution in [1.29, 1.82) is 5.26 Å². The fraction of sp³-hybridized carbons (Fsp3) is 0.364. The van der Waals surface area contributed by atoms with E-state index < -0.39 is 23.1 Å². The summed E-state index contributed by atoms with van der Waals surface area (Å²) in [5.74, 6) is -0.402. The Kier molecular flexibility index (Phi) is 6.11. The number of anilines is 2. The third kappa shape index (κ3) is 4.58. The molecule has 9 heteroatoms. The van der Waals surface area contributed by atoms with Crippen molar-refractivity contribution < 1.29 is 22.4 Å². The van der Waals surface area contributed by atoms with Gasteiger partial charge in [-0.05, 0) is 56.3 Å². The van der Waals surface area contributed by atoms with Crippen LogP contribution in [0.2, 0.25) is 0 Å². The van der Waals surface area contributed by atoms with Crippen LogP contribution >= 0.6 is 0 Å². The molecule has 2 amide bonds. The molecule has 164 valence electrons. The number of rotatable bonds is 2. The van der Waals surface area contributed by atoms with E-state index in [0.29, 0.717) is 24.5 Å². The molecule has 5 nitrogen and oxygen atoms in total. The predicted molar refractivity (Wildman–Crippen MR) is 109 cm³/mol. The van der Waals surface area contributed by atoms with E-state index in [4.69, 9.17) is 5.26 Å². The molecule has 1 fully saturated rings. The second-order valence-corrected chi connectivity index (χ2v) is 7.66. The lowest BCUT2D eigenvalue weighted by molar-refractivity contribution is -0.137. The Labute approximate surface area is 178 Å². The number of benzene rings is 2. The van der Waals surface area contributed by atoms with Crippen molar-refractivity contribution in [1.82, 2.24) is 4.90 Å². The topological polar surface area (TPSA) is 50.6 Å². The van der Waals surface area contributed by atoms with E-state index in [9.17, 15) is 22.4 Å². The normalized spacial score (nSPS) is 19.2. The van der Waals surface area contributed by atoms with Crippen molar-refractivity contribution in [2.75, 3.05) is 29.9 Å². The molecular weight excluding hydrogens is 412 g/mol. The van der Waals surface area contributed by atoms with Crippen LogP contribution in [0.1, 0.15) is 25.0 Å². The van der Waals surface area contributed by atoms with Gasteiger partial charge in [0.15, 0.2) is 0 Å². The van der Waals surface area contributed by atoms with Crippen LogP contribution in [0, 0.1) is 17.1 Å². The Morgan fingerprint density at radius 3 is 2.32 bits per heavy atom. The van der Waals surface area contributed by atoms with Crippen molar-refractivity contribution >= 4 is 17.4 Å². The van der Waals surface area contributed by atoms with E-state index in [-0.39, 0.29) is 18.1 Å². The maximum Gasteiger partial charge on any atom is 0.417 e. The van der Waals surface area contributed by atoms with E-state index in [1.54, 1.807) is 18.0 Å². The summed E-state index contributed by atoms with van der Waals surface area (Å²) >= 11 is 0. The zero-order valence-electron chi connectivity index (χ0n) is 17.3. The first-order valence-corrected chi connectivity index (χ1v) is 9.70. The Morgan fingerprint density at radius 1 is 1.10 bits per heavy atom. The molecule has 1 heterocycles. The van der Waals surface area contributed by atoms with E-state index >= 15 is 0 Å². The second kappa shape index (κ2) is 8.46. The first kappa shape index (κ1) is 22.4. The summed E-state index contributed by atoms with van der Waals surface area (Å²) in [6.07, 6.45) is -4.63. The van der Waals surface area contributed by atoms with Gasteiger partial charge in [-0.25, -0.2) is 9.18 Å². The Balaban J connectivity index is 1.81. The van der Waals surface area contributed by atoms with Gasteiger partial charge in [0.05, 0.1) is 17.2 Å². The van der Waals surface area contributed by atoms with E-state index in [2.05, 4.69) is 0 Å². The van der Waals surface area contributed by atoms with Crippen molar-refractivity contribution in [3.63, 3.8) is 0 Å². The van der Waals surface area contributed by atoms with E-state index in [0.717, 1.165) is 6.07 Å². The van der Waals surface area contributed by atoms with Gasteiger partial charge in [0.25, 0.3) is 0 Å². The van der Waals surface area contributed by atoms with Crippen LogP contribution in [0.4, 0.5) is 33.7 Å². The highest BCUT2D eigenvalue weighted by Gasteiger charge is 2.37. The van der Waals surface area contributed by atoms with Crippen LogP contribution in [0.3, 0.4) is 0 Å². The number of alkyl halides is 3. The molecule has 2 atom stereocenters. The minimum atomic E-state index is -4.63. The Bertz CT molecular complexity index is 1000. The number of hydrogen-bond acceptors (Lipinski definition) is 3. The Hall–Kier alpha value is -3.28. The smallest absolute Gasteiger partial charge is 0.365 e. The van der Waals surface area contributed by atoms with Crippen LogP contribution in [0.25, 0.3) is 0 Å². The summed E-state index contributed by atoms with van der Waals surface area (Å²) in [6, 6.07) is 9.99. The first-order valence-electron chi connectivity index (χ1n) is 9.70. The van der Waals surface area contributed by atoms with Crippen molar-refractivity contribution in [3.8, 4) is 6.07 Å². The van der Waals surface area contributed by atoms with Crippen molar-refractivity contribution in [3.05, 3.63) is 59.4 Å². The molecule has 0 unspecified atom stereocenters. The molecule has 0 saturated carbocycles. The van der Waals surface area contributed by atoms with Crippen LogP contribution in [-0.4, -0.2) is 43.2 Å². The molecule has 3 rings (SSSR count). The summed E-state index contributed by atoms with van der Waals surface area (Å²) < 4.78 is 53.2. The highest BCUT2D eigenvalue weighted by Crippen LogP contribution is 2.35. The SMILES string of the molecule is C[C@@H]1CN(c2ccc(C#N)c(C(F)(F)F)c2)[C@@H](C)CN1C(=O)N(C)c1ccc(F)cc1. The van der Waals surface area contributed by atoms with Gasteiger partial charge in [-0.2, -0.15) is 18.4 Å². The number of carbonyl (C=O) groups excluding carboxylic acids is 1. The molecule has 31 heavy (non-hydrogen) atoms. The molecule has 1 saturated heterocycles. The zero-order chi connectivity index (χ0) is 22.9. The van der Waals surface area contributed by atoms with Gasteiger partial charge in [-0.15, -0.1) is 0 Å². The number of nitrogens with zero attached hydrogens (tertiary/aromatic N) is 4. The van der Waals surface area contributed by atoms with Crippen LogP contribution in [0.15, 0.2) is 42.5 Å². The summed E-state index contributed by atoms with van der Waals surface area (Å²) in [5.41, 5.74) is -0.506. The number of nitriles is 1. The molecular formula is C22H22F4N4O. The second-order valence-electron chi connectivity index (χ2n) is 7.66. The van der Waals surface area contributed by atoms with Crippen LogP contribution in [0.5, 0.6) is 0 Å². The molecule has 0 aliphatic carbocycles. The number of carbonyl (C=O) groups is 1. The molecule has 2 aromatic carbocycles. The fourth-order valence-corrected chi connectivity index (χ4v) is 3.76. The number of piperazine rings is 1. The maximum absolute atomic E-state index is 13.3. The average Bonchev–Trinajstić information content (AvgIpc) is 2.73. The highest BCUT2D eigenvalue weighted by molar-refractivity contribution is 5.91. The summed E-state index contributed by atoms with van der Waals surface area (Å²) in [5, 5.41) is 9.00. The van der Waals surface area contributed by atoms with E-state index in [1.165, 1.54) is 41.3 Å². The highest BCUT2D eigenvalue weighted by atomic mass is 19.4. The number of amides is 2. The number of halogens is 4. The van der Waals surface area contributed by atoms with Crippen molar-refractivity contribution in [2.24, 2.45) is 0 Å². The van der Waals surface area contributed by atoms with Gasteiger partial charge >= 0.3 is 12.2 Å². The van der Waals surface area contributed by atoms with Crippen LogP contribution < -0.4 is 9.80 Å². The van der Waals surface area contributed by atoms with Gasteiger partial charge in [0, 0.05) is 43.6 Å². The lowest BCUT2D eigenvalue weighted by Gasteiger charge is -2.46. The van der Waals surface area contributed by atoms with Gasteiger partial charge in [-0.3, -0.25) is 4.90 Å². The van der Waals surface area contributed by atoms with Crippen molar-refractivity contribution in [2.45, 2.75) is 32.1 Å². The monoisotopic (exact) mass is 434 g/mol. The van der Waals surface area contributed by atoms with Gasteiger partial charge < -0.3 is 9.80 Å². The molecule has 0 bridgehead atoms. The lowest BCUT2D eigenvalue weighted by atomic mass is 10.0. The minimum Gasteiger partial charge on any atom is -0.365 e. The largest absolute Gasteiger partial charge is 0.417 e. The van der Waals surface area contributed by atoms with E-state index in [1.807, 2.05) is 18.7 Å². The number of urea groups is 1. The molecule has 0 N–H and O–H groups in total. The lowest BCUT2D eigenvalue weighted by Crippen LogP contribution is -2.60. The summed E-state index contributed by atoms with van der Waals surface area (Å²) in [6.45, 7) is 4.28. The zero-order valence-corrected chi connectivity index (χ0v) is 17.3. The molecule has 2 aromatic rings. The fourth-order valence-electron chi connectivity index (χ4n) is 3.76. The number of hydrogen-bond donors (Lipinski definition) is 0. The standard InChI is InChI=1S/C22H22F4N4O/c1-14-13-30(21(31)28(3)18-8-5-17(23)6-9-18)15(2)12-29(14)19-7-4-16(11-27)20(10-19)22(24,25)26/h4-10,14-15H,12-13H2,1-3H3/t14-,15+/m0/s1. The predicted octanol–water partition coefficient (Wildman–Crippen LogP) is 4.87. The average molecular weight is 434 g/mol. The third-order valence-electron chi connectivity index (χ3n) is 5.49. The Morgan fingerprint density at radius 2 is 1.74 bits per heavy atom. The molecule has 0 radical (unpaired) electrons. The minimum absolute atomic E-state index is 0.254. The molecule has 0 aromatic heterocycles. The van der Waals surface area contributed by atoms with Gasteiger partial charge in [-0.1, -0.05) is 0 Å². The summed E-state index contributed by atoms with van der Waals surface area (Å²) in [7, 11) is 1.59. The van der Waals surface area contributed by atoms with Gasteiger partial charge in [0.2, 0.25) is 0 Å². The maximum atomic E-state index is 13.3. The third-order valence-corrected chi connectivity index (χ3v) is 5.49. The molecule has 1 aliphatic heterocycles. The van der Waals surface area contributed by atoms with Crippen LogP contribution in [-0.2, 0) is 6.18 Å².